The molecule has 0 aliphatic rings. The van der Waals surface area contributed by atoms with E-state index in [9.17, 15) is 8.42 Å². The number of rotatable bonds is 1. The fraction of sp³-hybridized carbons (Fsp3) is 0.167. The molecule has 0 aliphatic carbocycles. The largest absolute Gasteiger partial charge is 0.261 e. The van der Waals surface area contributed by atoms with Crippen molar-refractivity contribution in [1.29, 1.82) is 0 Å². The van der Waals surface area contributed by atoms with Gasteiger partial charge in [-0.15, -0.1) is 0 Å². The summed E-state index contributed by atoms with van der Waals surface area (Å²) in [6.07, 6.45) is 0. The Kier molecular flexibility index (Phi) is 2.68. The second-order valence-corrected chi connectivity index (χ2v) is 6.39. The van der Waals surface area contributed by atoms with Crippen LogP contribution in [0.3, 0.4) is 0 Å². The first-order valence-corrected chi connectivity index (χ1v) is 7.15. The van der Waals surface area contributed by atoms with Gasteiger partial charge in [-0.1, -0.05) is 18.2 Å². The third-order valence-corrected chi connectivity index (χ3v) is 4.10. The van der Waals surface area contributed by atoms with E-state index in [4.69, 9.17) is 10.7 Å². The summed E-state index contributed by atoms with van der Waals surface area (Å²) in [6.45, 7) is 3.95. The molecule has 0 saturated heterocycles. The molecule has 2 aromatic carbocycles. The van der Waals surface area contributed by atoms with Crippen LogP contribution < -0.4 is 0 Å². The summed E-state index contributed by atoms with van der Waals surface area (Å²) < 4.78 is 22.8. The summed E-state index contributed by atoms with van der Waals surface area (Å²) in [5.74, 6) is 0. The van der Waals surface area contributed by atoms with E-state index in [0.717, 1.165) is 16.5 Å². The third kappa shape index (κ3) is 1.93. The Bertz CT molecular complexity index is 660. The molecule has 2 aromatic rings. The minimum absolute atomic E-state index is 0.176. The molecule has 0 bridgehead atoms. The second-order valence-electron chi connectivity index (χ2n) is 3.85. The maximum absolute atomic E-state index is 11.4. The monoisotopic (exact) mass is 254 g/mol. The summed E-state index contributed by atoms with van der Waals surface area (Å²) in [6, 6.07) is 8.94. The van der Waals surface area contributed by atoms with E-state index in [1.165, 1.54) is 6.07 Å². The van der Waals surface area contributed by atoms with E-state index in [1.54, 1.807) is 6.07 Å². The van der Waals surface area contributed by atoms with Crippen molar-refractivity contribution in [3.8, 4) is 0 Å². The van der Waals surface area contributed by atoms with Crippen LogP contribution in [0.15, 0.2) is 35.2 Å². The summed E-state index contributed by atoms with van der Waals surface area (Å²) in [5, 5.41) is 1.57. The molecule has 0 amide bonds. The molecular weight excluding hydrogens is 244 g/mol. The molecule has 0 aromatic heterocycles. The quantitative estimate of drug-likeness (QED) is 0.731. The molecule has 16 heavy (non-hydrogen) atoms. The van der Waals surface area contributed by atoms with Crippen molar-refractivity contribution in [2.24, 2.45) is 0 Å². The zero-order valence-electron chi connectivity index (χ0n) is 8.99. The Hall–Kier alpha value is -1.06. The van der Waals surface area contributed by atoms with E-state index in [2.05, 4.69) is 0 Å². The Morgan fingerprint density at radius 2 is 1.69 bits per heavy atom. The molecule has 0 N–H and O–H groups in total. The average Bonchev–Trinajstić information content (AvgIpc) is 2.17. The number of hydrogen-bond donors (Lipinski definition) is 0. The third-order valence-electron chi connectivity index (χ3n) is 2.72. The van der Waals surface area contributed by atoms with Gasteiger partial charge in [-0.05, 0) is 42.5 Å². The fourth-order valence-corrected chi connectivity index (χ4v) is 2.82. The number of hydrogen-bond acceptors (Lipinski definition) is 2. The van der Waals surface area contributed by atoms with Gasteiger partial charge in [0.1, 0.15) is 0 Å². The van der Waals surface area contributed by atoms with Crippen molar-refractivity contribution >= 4 is 30.5 Å². The second kappa shape index (κ2) is 3.75. The van der Waals surface area contributed by atoms with E-state index >= 15 is 0 Å². The first kappa shape index (κ1) is 11.4. The van der Waals surface area contributed by atoms with Crippen molar-refractivity contribution in [3.63, 3.8) is 0 Å². The molecule has 0 spiro atoms. The van der Waals surface area contributed by atoms with Crippen LogP contribution in [0.4, 0.5) is 0 Å². The maximum atomic E-state index is 11.4. The van der Waals surface area contributed by atoms with Gasteiger partial charge in [-0.2, -0.15) is 0 Å². The Balaban J connectivity index is 2.93. The van der Waals surface area contributed by atoms with Gasteiger partial charge in [0.2, 0.25) is 0 Å². The highest BCUT2D eigenvalue weighted by molar-refractivity contribution is 8.14. The molecule has 84 valence electrons. The lowest BCUT2D eigenvalue weighted by atomic mass is 10.0. The number of halogens is 1. The van der Waals surface area contributed by atoms with Crippen LogP contribution in [0.1, 0.15) is 11.1 Å². The molecule has 0 atom stereocenters. The van der Waals surface area contributed by atoms with Crippen LogP contribution in [0.2, 0.25) is 0 Å². The van der Waals surface area contributed by atoms with E-state index in [-0.39, 0.29) is 4.90 Å². The smallest absolute Gasteiger partial charge is 0.207 e. The minimum atomic E-state index is -3.69. The standard InChI is InChI=1S/C12H11ClO2S/c1-8-6-10-4-3-5-12(16(13,14)15)11(10)7-9(8)2/h3-7H,1-2H3. The molecular formula is C12H11ClO2S. The molecule has 4 heteroatoms. The van der Waals surface area contributed by atoms with Crippen molar-refractivity contribution in [1.82, 2.24) is 0 Å². The van der Waals surface area contributed by atoms with Crippen LogP contribution in [0, 0.1) is 13.8 Å². The zero-order chi connectivity index (χ0) is 11.9. The highest BCUT2D eigenvalue weighted by Gasteiger charge is 2.14. The van der Waals surface area contributed by atoms with E-state index < -0.39 is 9.05 Å². The SMILES string of the molecule is Cc1cc2cccc(S(=O)(=O)Cl)c2cc1C. The van der Waals surface area contributed by atoms with Gasteiger partial charge >= 0.3 is 0 Å². The molecule has 2 nitrogen and oxygen atoms in total. The van der Waals surface area contributed by atoms with Gasteiger partial charge in [0.15, 0.2) is 0 Å². The molecule has 2 rings (SSSR count). The van der Waals surface area contributed by atoms with Gasteiger partial charge in [0, 0.05) is 16.1 Å². The zero-order valence-corrected chi connectivity index (χ0v) is 10.6. The average molecular weight is 255 g/mol. The number of aryl methyl sites for hydroxylation is 2. The number of benzene rings is 2. The van der Waals surface area contributed by atoms with Gasteiger partial charge in [0.05, 0.1) is 4.90 Å². The van der Waals surface area contributed by atoms with Crippen molar-refractivity contribution in [3.05, 3.63) is 41.5 Å². The summed E-state index contributed by atoms with van der Waals surface area (Å²) in [7, 11) is 1.72. The van der Waals surface area contributed by atoms with Gasteiger partial charge in [-0.3, -0.25) is 0 Å². The van der Waals surface area contributed by atoms with Crippen LogP contribution in [-0.2, 0) is 9.05 Å². The molecule has 0 unspecified atom stereocenters. The first-order valence-electron chi connectivity index (χ1n) is 4.84. The van der Waals surface area contributed by atoms with Crippen molar-refractivity contribution in [2.75, 3.05) is 0 Å². The highest BCUT2D eigenvalue weighted by Crippen LogP contribution is 2.27. The predicted molar refractivity (Wildman–Crippen MR) is 66.5 cm³/mol. The summed E-state index contributed by atoms with van der Waals surface area (Å²) >= 11 is 0. The number of fused-ring (bicyclic) bond motifs is 1. The Labute approximate surface area is 99.3 Å². The van der Waals surface area contributed by atoms with E-state index in [1.807, 2.05) is 32.0 Å². The molecule has 0 heterocycles. The van der Waals surface area contributed by atoms with Crippen LogP contribution >= 0.6 is 10.7 Å². The van der Waals surface area contributed by atoms with Crippen LogP contribution in [-0.4, -0.2) is 8.42 Å². The predicted octanol–water partition coefficient (Wildman–Crippen LogP) is 3.38. The maximum Gasteiger partial charge on any atom is 0.261 e. The normalized spacial score (nSPS) is 11.9. The molecule has 0 radical (unpaired) electrons. The van der Waals surface area contributed by atoms with Gasteiger partial charge in [-0.25, -0.2) is 8.42 Å². The lowest BCUT2D eigenvalue weighted by Crippen LogP contribution is -1.93. The van der Waals surface area contributed by atoms with Crippen LogP contribution in [0.5, 0.6) is 0 Å². The molecule has 0 saturated carbocycles. The van der Waals surface area contributed by atoms with Crippen molar-refractivity contribution in [2.45, 2.75) is 18.7 Å². The van der Waals surface area contributed by atoms with Crippen molar-refractivity contribution < 1.29 is 8.42 Å². The van der Waals surface area contributed by atoms with Gasteiger partial charge in [0.25, 0.3) is 9.05 Å². The topological polar surface area (TPSA) is 34.1 Å². The first-order chi connectivity index (χ1) is 7.39. The minimum Gasteiger partial charge on any atom is -0.207 e. The van der Waals surface area contributed by atoms with E-state index in [0.29, 0.717) is 5.39 Å². The van der Waals surface area contributed by atoms with Crippen LogP contribution in [0.25, 0.3) is 10.8 Å². The highest BCUT2D eigenvalue weighted by atomic mass is 35.7. The lowest BCUT2D eigenvalue weighted by molar-refractivity contribution is 0.610. The molecule has 0 aliphatic heterocycles. The lowest BCUT2D eigenvalue weighted by Gasteiger charge is -2.06. The Morgan fingerprint density at radius 1 is 1.06 bits per heavy atom. The summed E-state index contributed by atoms with van der Waals surface area (Å²) in [4.78, 5) is 0.176. The summed E-state index contributed by atoms with van der Waals surface area (Å²) in [5.41, 5.74) is 2.19. The Morgan fingerprint density at radius 3 is 2.31 bits per heavy atom. The van der Waals surface area contributed by atoms with Gasteiger partial charge < -0.3 is 0 Å². The fourth-order valence-electron chi connectivity index (χ4n) is 1.73. The molecule has 0 fully saturated rings.